The van der Waals surface area contributed by atoms with Crippen molar-refractivity contribution in [1.29, 1.82) is 0 Å². The summed E-state index contributed by atoms with van der Waals surface area (Å²) in [7, 11) is 0. The molecule has 0 atom stereocenters. The van der Waals surface area contributed by atoms with Crippen LogP contribution >= 0.6 is 11.6 Å². The number of nitrogens with zero attached hydrogens (tertiary/aromatic N) is 2. The summed E-state index contributed by atoms with van der Waals surface area (Å²) in [6.45, 7) is 0.814. The van der Waals surface area contributed by atoms with Gasteiger partial charge in [-0.15, -0.1) is 0 Å². The molecule has 0 aliphatic heterocycles. The second kappa shape index (κ2) is 12.1. The van der Waals surface area contributed by atoms with Gasteiger partial charge in [-0.3, -0.25) is 24.6 Å². The zero-order chi connectivity index (χ0) is 22.8. The number of ketones is 1. The Bertz CT molecular complexity index is 929. The quantitative estimate of drug-likeness (QED) is 0.257. The first kappa shape index (κ1) is 24.4. The third kappa shape index (κ3) is 7.11. The Morgan fingerprint density at radius 2 is 1.68 bits per heavy atom. The highest BCUT2D eigenvalue weighted by Gasteiger charge is 2.21. The third-order valence-electron chi connectivity index (χ3n) is 4.48. The molecule has 0 saturated carbocycles. The van der Waals surface area contributed by atoms with Crippen LogP contribution in [0.15, 0.2) is 42.5 Å². The lowest BCUT2D eigenvalue weighted by molar-refractivity contribution is -0.384. The van der Waals surface area contributed by atoms with Gasteiger partial charge in [-0.2, -0.15) is 0 Å². The van der Waals surface area contributed by atoms with E-state index in [1.165, 1.54) is 24.3 Å². The molecule has 31 heavy (non-hydrogen) atoms. The maximum atomic E-state index is 13.0. The number of hydrogen-bond donors (Lipinski definition) is 3. The molecule has 2 aromatic rings. The highest BCUT2D eigenvalue weighted by atomic mass is 35.5. The number of aliphatic hydroxyl groups is 2. The third-order valence-corrected chi connectivity index (χ3v) is 4.81. The molecular weight excluding hydrogens is 426 g/mol. The Balaban J connectivity index is 2.28. The Morgan fingerprint density at radius 3 is 2.26 bits per heavy atom. The molecule has 0 unspecified atom stereocenters. The molecule has 10 heteroatoms. The fourth-order valence-corrected chi connectivity index (χ4v) is 3.21. The number of halogens is 1. The number of non-ortho nitro benzene ring substituents is 1. The maximum Gasteiger partial charge on any atom is 0.270 e. The van der Waals surface area contributed by atoms with Crippen LogP contribution in [-0.4, -0.2) is 64.6 Å². The van der Waals surface area contributed by atoms with Crippen LogP contribution in [0.5, 0.6) is 0 Å². The number of nitrogens with one attached hydrogen (secondary N) is 1. The van der Waals surface area contributed by atoms with E-state index in [4.69, 9.17) is 21.8 Å². The molecular formula is C21H24ClN3O6. The highest BCUT2D eigenvalue weighted by molar-refractivity contribution is 6.35. The first-order valence-electron chi connectivity index (χ1n) is 9.69. The van der Waals surface area contributed by atoms with Gasteiger partial charge < -0.3 is 15.5 Å². The summed E-state index contributed by atoms with van der Waals surface area (Å²) in [4.78, 5) is 38.0. The van der Waals surface area contributed by atoms with E-state index in [1.54, 1.807) is 17.0 Å². The molecule has 9 nitrogen and oxygen atoms in total. The number of rotatable bonds is 12. The van der Waals surface area contributed by atoms with Crippen molar-refractivity contribution in [2.75, 3.05) is 38.2 Å². The molecule has 0 aromatic heterocycles. The number of nitro benzene ring substituents is 1. The average Bonchev–Trinajstić information content (AvgIpc) is 2.75. The predicted molar refractivity (Wildman–Crippen MR) is 116 cm³/mol. The van der Waals surface area contributed by atoms with Gasteiger partial charge in [0.2, 0.25) is 5.91 Å². The minimum atomic E-state index is -0.625. The average molecular weight is 450 g/mol. The van der Waals surface area contributed by atoms with E-state index < -0.39 is 16.6 Å². The molecule has 0 saturated heterocycles. The van der Waals surface area contributed by atoms with Crippen LogP contribution in [0.4, 0.5) is 11.4 Å². The van der Waals surface area contributed by atoms with E-state index in [9.17, 15) is 19.7 Å². The first-order valence-corrected chi connectivity index (χ1v) is 10.1. The SMILES string of the molecule is O=C(CN(CCCO)CCCO)Nc1ccc([N+](=O)[O-])cc1C(=O)c1ccccc1Cl. The molecule has 2 rings (SSSR count). The van der Waals surface area contributed by atoms with E-state index in [2.05, 4.69) is 5.32 Å². The number of amides is 1. The number of carbonyl (C=O) groups is 2. The predicted octanol–water partition coefficient (Wildman–Crippen LogP) is 2.48. The smallest absolute Gasteiger partial charge is 0.270 e. The van der Waals surface area contributed by atoms with Crippen LogP contribution in [-0.2, 0) is 4.79 Å². The van der Waals surface area contributed by atoms with Gasteiger partial charge in [-0.05, 0) is 31.0 Å². The van der Waals surface area contributed by atoms with Crippen molar-refractivity contribution in [3.05, 3.63) is 68.7 Å². The van der Waals surface area contributed by atoms with Crippen molar-refractivity contribution in [3.8, 4) is 0 Å². The van der Waals surface area contributed by atoms with E-state index in [0.717, 1.165) is 6.07 Å². The summed E-state index contributed by atoms with van der Waals surface area (Å²) < 4.78 is 0. The Hall–Kier alpha value is -2.85. The van der Waals surface area contributed by atoms with Gasteiger partial charge in [0.05, 0.1) is 27.7 Å². The molecule has 1 amide bonds. The highest BCUT2D eigenvalue weighted by Crippen LogP contribution is 2.27. The van der Waals surface area contributed by atoms with Gasteiger partial charge in [0.25, 0.3) is 5.69 Å². The lowest BCUT2D eigenvalue weighted by Crippen LogP contribution is -2.35. The molecule has 0 aliphatic carbocycles. The van der Waals surface area contributed by atoms with Crippen molar-refractivity contribution >= 4 is 34.7 Å². The molecule has 0 fully saturated rings. The lowest BCUT2D eigenvalue weighted by Gasteiger charge is -2.21. The van der Waals surface area contributed by atoms with E-state index in [-0.39, 0.29) is 47.3 Å². The number of hydrogen-bond acceptors (Lipinski definition) is 7. The van der Waals surface area contributed by atoms with Crippen molar-refractivity contribution in [2.24, 2.45) is 0 Å². The Morgan fingerprint density at radius 1 is 1.03 bits per heavy atom. The Kier molecular flexibility index (Phi) is 9.54. The minimum absolute atomic E-state index is 0.0310. The molecule has 166 valence electrons. The number of aliphatic hydroxyl groups excluding tert-OH is 2. The van der Waals surface area contributed by atoms with Crippen LogP contribution in [0.3, 0.4) is 0 Å². The van der Waals surface area contributed by atoms with Crippen molar-refractivity contribution in [1.82, 2.24) is 4.90 Å². The van der Waals surface area contributed by atoms with Gasteiger partial charge in [0, 0.05) is 44.0 Å². The van der Waals surface area contributed by atoms with Crippen molar-refractivity contribution in [3.63, 3.8) is 0 Å². The number of benzene rings is 2. The number of carbonyl (C=O) groups excluding carboxylic acids is 2. The summed E-state index contributed by atoms with van der Waals surface area (Å²) in [5.74, 6) is -0.986. The summed E-state index contributed by atoms with van der Waals surface area (Å²) in [6.07, 6.45) is 0.930. The molecule has 0 radical (unpaired) electrons. The standard InChI is InChI=1S/C21H24ClN3O6/c22-18-6-2-1-5-16(18)21(29)17-13-15(25(30)31)7-8-19(17)23-20(28)14-24(9-3-11-26)10-4-12-27/h1-2,5-8,13,26-27H,3-4,9-12,14H2,(H,23,28). The summed E-state index contributed by atoms with van der Waals surface area (Å²) >= 11 is 6.11. The molecule has 0 bridgehead atoms. The summed E-state index contributed by atoms with van der Waals surface area (Å²) in [5.41, 5.74) is -0.0497. The zero-order valence-electron chi connectivity index (χ0n) is 16.8. The molecule has 0 aliphatic rings. The van der Waals surface area contributed by atoms with Crippen LogP contribution in [0, 0.1) is 10.1 Å². The largest absolute Gasteiger partial charge is 0.396 e. The second-order valence-electron chi connectivity index (χ2n) is 6.77. The summed E-state index contributed by atoms with van der Waals surface area (Å²) in [5, 5.41) is 32.1. The summed E-state index contributed by atoms with van der Waals surface area (Å²) in [6, 6.07) is 9.93. The van der Waals surface area contributed by atoms with Gasteiger partial charge in [-0.25, -0.2) is 0 Å². The Labute approximate surface area is 184 Å². The lowest BCUT2D eigenvalue weighted by atomic mass is 10.0. The van der Waals surface area contributed by atoms with Crippen LogP contribution in [0.25, 0.3) is 0 Å². The van der Waals surface area contributed by atoms with E-state index in [0.29, 0.717) is 25.9 Å². The van der Waals surface area contributed by atoms with Gasteiger partial charge in [0.1, 0.15) is 0 Å². The van der Waals surface area contributed by atoms with E-state index >= 15 is 0 Å². The fraction of sp³-hybridized carbons (Fsp3) is 0.333. The van der Waals surface area contributed by atoms with Gasteiger partial charge in [-0.1, -0.05) is 23.7 Å². The molecule has 2 aromatic carbocycles. The van der Waals surface area contributed by atoms with Crippen LogP contribution < -0.4 is 5.32 Å². The van der Waals surface area contributed by atoms with Crippen molar-refractivity contribution in [2.45, 2.75) is 12.8 Å². The van der Waals surface area contributed by atoms with Gasteiger partial charge in [0.15, 0.2) is 5.78 Å². The van der Waals surface area contributed by atoms with Crippen LogP contribution in [0.2, 0.25) is 5.02 Å². The second-order valence-corrected chi connectivity index (χ2v) is 7.18. The number of nitro groups is 1. The van der Waals surface area contributed by atoms with Gasteiger partial charge >= 0.3 is 0 Å². The normalized spacial score (nSPS) is 10.8. The number of anilines is 1. The first-order chi connectivity index (χ1) is 14.9. The fourth-order valence-electron chi connectivity index (χ4n) is 2.98. The topological polar surface area (TPSA) is 133 Å². The monoisotopic (exact) mass is 449 g/mol. The van der Waals surface area contributed by atoms with E-state index in [1.807, 2.05) is 0 Å². The molecule has 0 heterocycles. The minimum Gasteiger partial charge on any atom is -0.396 e. The van der Waals surface area contributed by atoms with Crippen LogP contribution in [0.1, 0.15) is 28.8 Å². The van der Waals surface area contributed by atoms with Crippen molar-refractivity contribution < 1.29 is 24.7 Å². The molecule has 0 spiro atoms. The molecule has 3 N–H and O–H groups in total. The zero-order valence-corrected chi connectivity index (χ0v) is 17.5. The maximum absolute atomic E-state index is 13.0.